The molecule has 0 spiro atoms. The van der Waals surface area contributed by atoms with Crippen LogP contribution in [0.2, 0.25) is 0 Å². The van der Waals surface area contributed by atoms with E-state index in [1.807, 2.05) is 6.92 Å². The summed E-state index contributed by atoms with van der Waals surface area (Å²) in [4.78, 5) is 28.4. The van der Waals surface area contributed by atoms with Crippen LogP contribution in [0.3, 0.4) is 0 Å². The minimum atomic E-state index is -1.45. The zero-order chi connectivity index (χ0) is 25.7. The smallest absolute Gasteiger partial charge is 0.227 e. The monoisotopic (exact) mass is 497 g/mol. The van der Waals surface area contributed by atoms with Gasteiger partial charge in [-0.25, -0.2) is 0 Å². The van der Waals surface area contributed by atoms with Crippen LogP contribution >= 0.6 is 0 Å². The van der Waals surface area contributed by atoms with Crippen molar-refractivity contribution < 1.29 is 39.4 Å². The summed E-state index contributed by atoms with van der Waals surface area (Å²) in [5.41, 5.74) is 1.38. The van der Waals surface area contributed by atoms with Crippen LogP contribution in [0.25, 0.3) is 0 Å². The van der Waals surface area contributed by atoms with Crippen LogP contribution in [0.1, 0.15) is 86.0 Å². The van der Waals surface area contributed by atoms with Crippen LogP contribution in [-0.4, -0.2) is 81.7 Å². The number of aromatic amines is 1. The van der Waals surface area contributed by atoms with Crippen LogP contribution in [0, 0.1) is 6.92 Å². The van der Waals surface area contributed by atoms with Crippen molar-refractivity contribution in [3.63, 3.8) is 0 Å². The molecular weight excluding hydrogens is 458 g/mol. The molecule has 10 nitrogen and oxygen atoms in total. The number of unbranched alkanes of at least 4 members (excludes halogenated alkanes) is 3. The maximum atomic E-state index is 12.9. The number of pyridine rings is 1. The highest BCUT2D eigenvalue weighted by Gasteiger charge is 2.44. The van der Waals surface area contributed by atoms with E-state index in [0.717, 1.165) is 32.1 Å². The summed E-state index contributed by atoms with van der Waals surface area (Å²) in [6.07, 6.45) is -0.225. The van der Waals surface area contributed by atoms with Crippen molar-refractivity contribution >= 4 is 5.78 Å². The van der Waals surface area contributed by atoms with Gasteiger partial charge in [0, 0.05) is 12.0 Å². The molecule has 5 N–H and O–H groups in total. The predicted molar refractivity (Wildman–Crippen MR) is 127 cm³/mol. The number of hydrogen-bond acceptors (Lipinski definition) is 9. The van der Waals surface area contributed by atoms with Gasteiger partial charge in [0.05, 0.1) is 31.2 Å². The third-order valence-corrected chi connectivity index (χ3v) is 7.11. The third kappa shape index (κ3) is 6.31. The van der Waals surface area contributed by atoms with Crippen LogP contribution in [0.4, 0.5) is 0 Å². The lowest BCUT2D eigenvalue weighted by molar-refractivity contribution is -0.310. The number of aryl methyl sites for hydroxylation is 1. The van der Waals surface area contributed by atoms with Gasteiger partial charge < -0.3 is 39.6 Å². The second-order valence-electron chi connectivity index (χ2n) is 9.70. The number of carbonyl (C=O) groups is 1. The second-order valence-corrected chi connectivity index (χ2v) is 9.70. The third-order valence-electron chi connectivity index (χ3n) is 7.11. The maximum absolute atomic E-state index is 12.9. The van der Waals surface area contributed by atoms with Gasteiger partial charge in [-0.15, -0.1) is 0 Å². The first-order chi connectivity index (χ1) is 16.7. The number of nitrogens with one attached hydrogen (secondary N) is 1. The standard InChI is InChI=1S/C25H39NO9/c1-13(34-25-23(32)22(31)20(29)17(12-27)35-25)8-6-4-5-7-9-15-10-11-16(28)19-18(15)21(30)24(33-3)14(2)26-19/h13,15,17,20,22-23,25,27,29,31-32H,4-12H2,1-3H3,(H,26,30)/t13-,15+,17-,20-,22+,23-,25-/m1/s1. The molecule has 0 unspecified atom stereocenters. The molecule has 0 saturated carbocycles. The molecule has 7 atom stereocenters. The largest absolute Gasteiger partial charge is 0.491 e. The fraction of sp³-hybridized carbons (Fsp3) is 0.760. The minimum Gasteiger partial charge on any atom is -0.491 e. The first-order valence-corrected chi connectivity index (χ1v) is 12.5. The number of ketones is 1. The van der Waals surface area contributed by atoms with Gasteiger partial charge in [0.25, 0.3) is 0 Å². The molecule has 1 fully saturated rings. The number of aliphatic hydroxyl groups excluding tert-OH is 4. The molecule has 0 bridgehead atoms. The summed E-state index contributed by atoms with van der Waals surface area (Å²) in [6, 6.07) is 0. The van der Waals surface area contributed by atoms with E-state index in [1.54, 1.807) is 6.92 Å². The van der Waals surface area contributed by atoms with E-state index in [4.69, 9.17) is 14.2 Å². The van der Waals surface area contributed by atoms with Crippen LogP contribution < -0.4 is 10.2 Å². The first-order valence-electron chi connectivity index (χ1n) is 12.5. The average molecular weight is 498 g/mol. The molecule has 1 aliphatic heterocycles. The number of aliphatic hydroxyl groups is 4. The Labute approximate surface area is 205 Å². The number of fused-ring (bicyclic) bond motifs is 1. The highest BCUT2D eigenvalue weighted by atomic mass is 16.7. The number of methoxy groups -OCH3 is 1. The Morgan fingerprint density at radius 1 is 1.09 bits per heavy atom. The molecule has 1 aromatic heterocycles. The molecule has 1 aliphatic carbocycles. The van der Waals surface area contributed by atoms with Crippen LogP contribution in [0.15, 0.2) is 4.79 Å². The summed E-state index contributed by atoms with van der Waals surface area (Å²) >= 11 is 0. The van der Waals surface area contributed by atoms with E-state index in [2.05, 4.69) is 4.98 Å². The number of Topliss-reactive ketones (excluding diaryl/α,β-unsaturated/α-hetero) is 1. The number of carbonyl (C=O) groups excluding carboxylic acids is 1. The van der Waals surface area contributed by atoms with E-state index in [0.29, 0.717) is 36.2 Å². The van der Waals surface area contributed by atoms with Crippen molar-refractivity contribution in [1.82, 2.24) is 4.98 Å². The SMILES string of the molecule is COc1c(C)[nH]c2c(c1=O)[C@@H](CCCCCC[C@@H](C)O[C@@H]1O[C@H](CO)[C@@H](O)[C@H](O)[C@H]1O)CCC2=O. The zero-order valence-corrected chi connectivity index (χ0v) is 20.7. The lowest BCUT2D eigenvalue weighted by Gasteiger charge is -2.40. The number of H-pyrrole nitrogens is 1. The Morgan fingerprint density at radius 3 is 2.49 bits per heavy atom. The first kappa shape index (κ1) is 27.8. The molecule has 0 aromatic carbocycles. The van der Waals surface area contributed by atoms with Gasteiger partial charge in [-0.05, 0) is 39.0 Å². The Morgan fingerprint density at radius 2 is 1.80 bits per heavy atom. The average Bonchev–Trinajstić information content (AvgIpc) is 2.83. The van der Waals surface area contributed by atoms with Crippen molar-refractivity contribution in [2.45, 2.75) is 108 Å². The van der Waals surface area contributed by atoms with Gasteiger partial charge in [0.1, 0.15) is 24.4 Å². The van der Waals surface area contributed by atoms with Gasteiger partial charge in [-0.2, -0.15) is 0 Å². The Hall–Kier alpha value is -1.82. The second kappa shape index (κ2) is 12.4. The van der Waals surface area contributed by atoms with Crippen molar-refractivity contribution in [2.75, 3.05) is 13.7 Å². The Kier molecular flexibility index (Phi) is 9.86. The normalized spacial score (nSPS) is 29.6. The topological polar surface area (TPSA) is 159 Å². The summed E-state index contributed by atoms with van der Waals surface area (Å²) in [7, 11) is 1.46. The molecule has 3 rings (SSSR count). The predicted octanol–water partition coefficient (Wildman–Crippen LogP) is 1.30. The summed E-state index contributed by atoms with van der Waals surface area (Å²) in [5.74, 6) is 0.290. The molecular formula is C25H39NO9. The quantitative estimate of drug-likeness (QED) is 0.284. The van der Waals surface area contributed by atoms with E-state index in [1.165, 1.54) is 7.11 Å². The van der Waals surface area contributed by atoms with E-state index in [9.17, 15) is 30.0 Å². The zero-order valence-electron chi connectivity index (χ0n) is 20.7. The number of aromatic nitrogens is 1. The molecule has 0 amide bonds. The van der Waals surface area contributed by atoms with Crippen molar-refractivity contribution in [3.8, 4) is 5.75 Å². The van der Waals surface area contributed by atoms with Crippen LogP contribution in [0.5, 0.6) is 5.75 Å². The molecule has 2 aliphatic rings. The summed E-state index contributed by atoms with van der Waals surface area (Å²) < 4.78 is 16.4. The number of hydrogen-bond donors (Lipinski definition) is 5. The lowest BCUT2D eigenvalue weighted by Crippen LogP contribution is -2.59. The van der Waals surface area contributed by atoms with E-state index >= 15 is 0 Å². The van der Waals surface area contributed by atoms with Crippen molar-refractivity contribution in [1.29, 1.82) is 0 Å². The van der Waals surface area contributed by atoms with Gasteiger partial charge in [0.2, 0.25) is 5.43 Å². The summed E-state index contributed by atoms with van der Waals surface area (Å²) in [6.45, 7) is 3.09. The Bertz CT molecular complexity index is 915. The molecule has 1 aromatic rings. The van der Waals surface area contributed by atoms with E-state index < -0.39 is 37.3 Å². The Balaban J connectivity index is 1.43. The summed E-state index contributed by atoms with van der Waals surface area (Å²) in [5, 5.41) is 39.1. The highest BCUT2D eigenvalue weighted by molar-refractivity contribution is 5.97. The molecule has 0 radical (unpaired) electrons. The molecule has 10 heteroatoms. The minimum absolute atomic E-state index is 0.0208. The number of ether oxygens (including phenoxy) is 3. The fourth-order valence-electron chi connectivity index (χ4n) is 5.09. The van der Waals surface area contributed by atoms with Crippen molar-refractivity contribution in [2.24, 2.45) is 0 Å². The van der Waals surface area contributed by atoms with Gasteiger partial charge in [-0.3, -0.25) is 9.59 Å². The van der Waals surface area contributed by atoms with Gasteiger partial charge in [-0.1, -0.05) is 25.7 Å². The molecule has 198 valence electrons. The van der Waals surface area contributed by atoms with Crippen LogP contribution in [-0.2, 0) is 9.47 Å². The molecule has 1 saturated heterocycles. The maximum Gasteiger partial charge on any atom is 0.227 e. The molecule has 2 heterocycles. The van der Waals surface area contributed by atoms with Gasteiger partial charge in [0.15, 0.2) is 17.8 Å². The van der Waals surface area contributed by atoms with E-state index in [-0.39, 0.29) is 29.0 Å². The highest BCUT2D eigenvalue weighted by Crippen LogP contribution is 2.34. The molecule has 35 heavy (non-hydrogen) atoms. The lowest BCUT2D eigenvalue weighted by atomic mass is 9.81. The van der Waals surface area contributed by atoms with Crippen molar-refractivity contribution in [3.05, 3.63) is 27.2 Å². The number of rotatable bonds is 11. The van der Waals surface area contributed by atoms with Gasteiger partial charge >= 0.3 is 0 Å². The fourth-order valence-corrected chi connectivity index (χ4v) is 5.09.